The molecule has 0 bridgehead atoms. The second kappa shape index (κ2) is 4.14. The largest absolute Gasteiger partial charge is 0.328 e. The highest BCUT2D eigenvalue weighted by Crippen LogP contribution is 2.36. The minimum absolute atomic E-state index is 0.413. The van der Waals surface area contributed by atoms with E-state index in [0.29, 0.717) is 12.0 Å². The van der Waals surface area contributed by atoms with E-state index in [2.05, 4.69) is 37.3 Å². The zero-order valence-electron chi connectivity index (χ0n) is 8.82. The van der Waals surface area contributed by atoms with E-state index >= 15 is 0 Å². The first-order valence-corrected chi connectivity index (χ1v) is 5.58. The topological polar surface area (TPSA) is 26.0 Å². The second-order valence-electron chi connectivity index (χ2n) is 4.57. The Morgan fingerprint density at radius 1 is 1.14 bits per heavy atom. The SMILES string of the molecule is CC1CCC(N)CC1c1ccccc1. The zero-order valence-corrected chi connectivity index (χ0v) is 8.82. The van der Waals surface area contributed by atoms with Crippen molar-refractivity contribution >= 4 is 0 Å². The lowest BCUT2D eigenvalue weighted by Gasteiger charge is -2.32. The molecular formula is C13H19N. The molecule has 0 aromatic heterocycles. The van der Waals surface area contributed by atoms with Crippen molar-refractivity contribution < 1.29 is 0 Å². The van der Waals surface area contributed by atoms with Crippen LogP contribution in [0.4, 0.5) is 0 Å². The number of hydrogen-bond acceptors (Lipinski definition) is 1. The summed E-state index contributed by atoms with van der Waals surface area (Å²) in [5, 5.41) is 0. The first kappa shape index (κ1) is 9.72. The number of hydrogen-bond donors (Lipinski definition) is 1. The summed E-state index contributed by atoms with van der Waals surface area (Å²) in [6.45, 7) is 2.35. The van der Waals surface area contributed by atoms with Gasteiger partial charge in [-0.3, -0.25) is 0 Å². The monoisotopic (exact) mass is 189 g/mol. The van der Waals surface area contributed by atoms with Crippen molar-refractivity contribution in [3.8, 4) is 0 Å². The van der Waals surface area contributed by atoms with Crippen LogP contribution >= 0.6 is 0 Å². The van der Waals surface area contributed by atoms with Gasteiger partial charge in [-0.05, 0) is 36.7 Å². The van der Waals surface area contributed by atoms with Gasteiger partial charge in [0.05, 0.1) is 0 Å². The maximum Gasteiger partial charge on any atom is 0.00448 e. The first-order chi connectivity index (χ1) is 6.77. The summed E-state index contributed by atoms with van der Waals surface area (Å²) in [6.07, 6.45) is 3.64. The molecule has 76 valence electrons. The molecule has 0 aliphatic heterocycles. The third-order valence-corrected chi connectivity index (χ3v) is 3.46. The van der Waals surface area contributed by atoms with Crippen LogP contribution in [0.25, 0.3) is 0 Å². The summed E-state index contributed by atoms with van der Waals surface area (Å²) in [5.41, 5.74) is 7.49. The lowest BCUT2D eigenvalue weighted by atomic mass is 9.75. The molecule has 1 aromatic carbocycles. The quantitative estimate of drug-likeness (QED) is 0.722. The molecule has 0 saturated heterocycles. The van der Waals surface area contributed by atoms with Gasteiger partial charge < -0.3 is 5.73 Å². The van der Waals surface area contributed by atoms with Crippen LogP contribution in [-0.4, -0.2) is 6.04 Å². The van der Waals surface area contributed by atoms with Gasteiger partial charge in [-0.15, -0.1) is 0 Å². The van der Waals surface area contributed by atoms with Gasteiger partial charge in [-0.2, -0.15) is 0 Å². The standard InChI is InChI=1S/C13H19N/c1-10-7-8-12(14)9-13(10)11-5-3-2-4-6-11/h2-6,10,12-13H,7-9,14H2,1H3. The normalized spacial score (nSPS) is 32.9. The molecule has 1 fully saturated rings. The van der Waals surface area contributed by atoms with Gasteiger partial charge in [-0.25, -0.2) is 0 Å². The van der Waals surface area contributed by atoms with Gasteiger partial charge in [-0.1, -0.05) is 37.3 Å². The molecule has 0 heterocycles. The summed E-state index contributed by atoms with van der Waals surface area (Å²) >= 11 is 0. The van der Waals surface area contributed by atoms with Crippen LogP contribution < -0.4 is 5.73 Å². The van der Waals surface area contributed by atoms with Gasteiger partial charge in [0.25, 0.3) is 0 Å². The molecule has 1 aliphatic carbocycles. The van der Waals surface area contributed by atoms with Crippen LogP contribution in [0.3, 0.4) is 0 Å². The predicted octanol–water partition coefficient (Wildman–Crippen LogP) is 2.92. The molecule has 1 saturated carbocycles. The Hall–Kier alpha value is -0.820. The molecule has 1 nitrogen and oxygen atoms in total. The molecule has 3 unspecified atom stereocenters. The van der Waals surface area contributed by atoms with E-state index in [1.165, 1.54) is 18.4 Å². The second-order valence-corrected chi connectivity index (χ2v) is 4.57. The van der Waals surface area contributed by atoms with E-state index in [4.69, 9.17) is 5.73 Å². The Morgan fingerprint density at radius 2 is 1.86 bits per heavy atom. The Labute approximate surface area is 86.3 Å². The van der Waals surface area contributed by atoms with E-state index in [1.54, 1.807) is 0 Å². The first-order valence-electron chi connectivity index (χ1n) is 5.58. The molecule has 14 heavy (non-hydrogen) atoms. The minimum Gasteiger partial charge on any atom is -0.328 e. The van der Waals surface area contributed by atoms with Crippen LogP contribution in [-0.2, 0) is 0 Å². The summed E-state index contributed by atoms with van der Waals surface area (Å²) in [5.74, 6) is 1.47. The van der Waals surface area contributed by atoms with Crippen molar-refractivity contribution in [1.82, 2.24) is 0 Å². The van der Waals surface area contributed by atoms with Crippen LogP contribution in [0, 0.1) is 5.92 Å². The highest BCUT2D eigenvalue weighted by Gasteiger charge is 2.26. The van der Waals surface area contributed by atoms with Crippen molar-refractivity contribution in [1.29, 1.82) is 0 Å². The van der Waals surface area contributed by atoms with Gasteiger partial charge in [0.1, 0.15) is 0 Å². The van der Waals surface area contributed by atoms with Crippen molar-refractivity contribution in [3.05, 3.63) is 35.9 Å². The number of nitrogens with two attached hydrogens (primary N) is 1. The van der Waals surface area contributed by atoms with Gasteiger partial charge in [0.15, 0.2) is 0 Å². The van der Waals surface area contributed by atoms with Gasteiger partial charge in [0.2, 0.25) is 0 Å². The van der Waals surface area contributed by atoms with E-state index in [9.17, 15) is 0 Å². The molecule has 0 radical (unpaired) electrons. The van der Waals surface area contributed by atoms with Crippen molar-refractivity contribution in [2.45, 2.75) is 38.1 Å². The smallest absolute Gasteiger partial charge is 0.00448 e. The summed E-state index contributed by atoms with van der Waals surface area (Å²) in [6, 6.07) is 11.2. The fourth-order valence-electron chi connectivity index (χ4n) is 2.52. The highest BCUT2D eigenvalue weighted by molar-refractivity contribution is 5.21. The lowest BCUT2D eigenvalue weighted by molar-refractivity contribution is 0.300. The highest BCUT2D eigenvalue weighted by atomic mass is 14.6. The number of benzene rings is 1. The minimum atomic E-state index is 0.413. The average molecular weight is 189 g/mol. The van der Waals surface area contributed by atoms with Gasteiger partial charge >= 0.3 is 0 Å². The summed E-state index contributed by atoms with van der Waals surface area (Å²) in [7, 11) is 0. The molecule has 0 spiro atoms. The molecule has 0 amide bonds. The van der Waals surface area contributed by atoms with E-state index in [1.807, 2.05) is 0 Å². The van der Waals surface area contributed by atoms with Crippen molar-refractivity contribution in [3.63, 3.8) is 0 Å². The Bertz CT molecular complexity index is 281. The van der Waals surface area contributed by atoms with E-state index in [-0.39, 0.29) is 0 Å². The maximum atomic E-state index is 6.02. The Morgan fingerprint density at radius 3 is 2.57 bits per heavy atom. The summed E-state index contributed by atoms with van der Waals surface area (Å²) in [4.78, 5) is 0. The molecule has 1 aromatic rings. The van der Waals surface area contributed by atoms with Crippen LogP contribution in [0.1, 0.15) is 37.7 Å². The third-order valence-electron chi connectivity index (χ3n) is 3.46. The molecule has 1 aliphatic rings. The molecule has 1 heteroatoms. The Kier molecular flexibility index (Phi) is 2.87. The van der Waals surface area contributed by atoms with Gasteiger partial charge in [0, 0.05) is 6.04 Å². The van der Waals surface area contributed by atoms with Crippen molar-refractivity contribution in [2.75, 3.05) is 0 Å². The Balaban J connectivity index is 2.16. The fraction of sp³-hybridized carbons (Fsp3) is 0.538. The third kappa shape index (κ3) is 1.98. The van der Waals surface area contributed by atoms with Crippen LogP contribution in [0.15, 0.2) is 30.3 Å². The average Bonchev–Trinajstić information content (AvgIpc) is 2.23. The van der Waals surface area contributed by atoms with Crippen LogP contribution in [0.2, 0.25) is 0 Å². The summed E-state index contributed by atoms with van der Waals surface area (Å²) < 4.78 is 0. The molecule has 2 rings (SSSR count). The fourth-order valence-corrected chi connectivity index (χ4v) is 2.52. The maximum absolute atomic E-state index is 6.02. The zero-order chi connectivity index (χ0) is 9.97. The van der Waals surface area contributed by atoms with Crippen molar-refractivity contribution in [2.24, 2.45) is 11.7 Å². The lowest BCUT2D eigenvalue weighted by Crippen LogP contribution is -2.31. The molecule has 2 N–H and O–H groups in total. The molecular weight excluding hydrogens is 170 g/mol. The van der Waals surface area contributed by atoms with E-state index < -0.39 is 0 Å². The van der Waals surface area contributed by atoms with Crippen LogP contribution in [0.5, 0.6) is 0 Å². The number of rotatable bonds is 1. The molecule has 3 atom stereocenters. The predicted molar refractivity (Wildman–Crippen MR) is 60.2 cm³/mol. The van der Waals surface area contributed by atoms with E-state index in [0.717, 1.165) is 12.3 Å².